The van der Waals surface area contributed by atoms with E-state index in [0.717, 1.165) is 36.7 Å². The summed E-state index contributed by atoms with van der Waals surface area (Å²) < 4.78 is 24.3. The van der Waals surface area contributed by atoms with Gasteiger partial charge < -0.3 is 9.26 Å². The van der Waals surface area contributed by atoms with Crippen molar-refractivity contribution < 1.29 is 13.7 Å². The lowest BCUT2D eigenvalue weighted by Gasteiger charge is -2.32. The third kappa shape index (κ3) is 3.31. The molecule has 0 bridgehead atoms. The smallest absolute Gasteiger partial charge is 0.133 e. The number of aryl methyl sites for hydroxylation is 2. The SMILES string of the molecule is Cc1cc(CN2CCO[C@H](c3ccc(F)c(C)c3)C2)no1. The van der Waals surface area contributed by atoms with Gasteiger partial charge in [0.15, 0.2) is 0 Å². The molecule has 0 aliphatic carbocycles. The van der Waals surface area contributed by atoms with Gasteiger partial charge in [-0.15, -0.1) is 0 Å². The quantitative estimate of drug-likeness (QED) is 0.871. The summed E-state index contributed by atoms with van der Waals surface area (Å²) in [5, 5.41) is 4.03. The molecule has 5 heteroatoms. The highest BCUT2D eigenvalue weighted by atomic mass is 19.1. The first-order chi connectivity index (χ1) is 10.1. The second-order valence-electron chi connectivity index (χ2n) is 5.53. The Morgan fingerprint density at radius 3 is 2.90 bits per heavy atom. The van der Waals surface area contributed by atoms with E-state index in [1.807, 2.05) is 19.1 Å². The van der Waals surface area contributed by atoms with Crippen LogP contribution >= 0.6 is 0 Å². The van der Waals surface area contributed by atoms with Gasteiger partial charge in [0.05, 0.1) is 18.4 Å². The molecule has 1 aliphatic rings. The van der Waals surface area contributed by atoms with E-state index in [1.54, 1.807) is 13.0 Å². The van der Waals surface area contributed by atoms with Gasteiger partial charge >= 0.3 is 0 Å². The van der Waals surface area contributed by atoms with E-state index in [0.29, 0.717) is 12.2 Å². The lowest BCUT2D eigenvalue weighted by molar-refractivity contribution is -0.0335. The maximum atomic E-state index is 13.4. The second-order valence-corrected chi connectivity index (χ2v) is 5.53. The topological polar surface area (TPSA) is 38.5 Å². The average Bonchev–Trinajstić information content (AvgIpc) is 2.87. The van der Waals surface area contributed by atoms with Crippen LogP contribution in [-0.4, -0.2) is 29.8 Å². The summed E-state index contributed by atoms with van der Waals surface area (Å²) in [6.07, 6.45) is -0.0222. The normalized spacial score (nSPS) is 19.9. The largest absolute Gasteiger partial charge is 0.371 e. The third-order valence-electron chi connectivity index (χ3n) is 3.77. The molecular weight excluding hydrogens is 271 g/mol. The summed E-state index contributed by atoms with van der Waals surface area (Å²) in [4.78, 5) is 2.28. The summed E-state index contributed by atoms with van der Waals surface area (Å²) in [6, 6.07) is 7.13. The predicted octanol–water partition coefficient (Wildman–Crippen LogP) is 3.00. The number of hydrogen-bond acceptors (Lipinski definition) is 4. The molecule has 1 fully saturated rings. The van der Waals surface area contributed by atoms with Crippen molar-refractivity contribution in [3.8, 4) is 0 Å². The van der Waals surface area contributed by atoms with Crippen LogP contribution in [0.25, 0.3) is 0 Å². The van der Waals surface area contributed by atoms with E-state index in [4.69, 9.17) is 9.26 Å². The van der Waals surface area contributed by atoms with E-state index < -0.39 is 0 Å². The molecule has 1 aromatic carbocycles. The summed E-state index contributed by atoms with van der Waals surface area (Å²) in [5.41, 5.74) is 2.61. The van der Waals surface area contributed by atoms with Crippen molar-refractivity contribution in [2.24, 2.45) is 0 Å². The van der Waals surface area contributed by atoms with Gasteiger partial charge in [-0.2, -0.15) is 0 Å². The molecular formula is C16H19FN2O2. The van der Waals surface area contributed by atoms with Crippen molar-refractivity contribution in [1.82, 2.24) is 10.1 Å². The van der Waals surface area contributed by atoms with Crippen LogP contribution in [0.2, 0.25) is 0 Å². The molecule has 0 saturated carbocycles. The minimum absolute atomic E-state index is 0.0222. The molecule has 1 saturated heterocycles. The van der Waals surface area contributed by atoms with Gasteiger partial charge in [0.25, 0.3) is 0 Å². The standard InChI is InChI=1S/C16H19FN2O2/c1-11-7-13(3-4-15(11)17)16-10-19(5-6-20-16)9-14-8-12(2)21-18-14/h3-4,7-8,16H,5-6,9-10H2,1-2H3/t16-/m0/s1. The third-order valence-corrected chi connectivity index (χ3v) is 3.77. The van der Waals surface area contributed by atoms with Gasteiger partial charge in [0.2, 0.25) is 0 Å². The summed E-state index contributed by atoms with van der Waals surface area (Å²) >= 11 is 0. The van der Waals surface area contributed by atoms with E-state index in [-0.39, 0.29) is 11.9 Å². The molecule has 0 unspecified atom stereocenters. The Bertz CT molecular complexity index is 626. The fourth-order valence-electron chi connectivity index (χ4n) is 2.64. The van der Waals surface area contributed by atoms with Gasteiger partial charge in [-0.3, -0.25) is 4.90 Å². The number of hydrogen-bond donors (Lipinski definition) is 0. The molecule has 1 atom stereocenters. The van der Waals surface area contributed by atoms with E-state index in [1.165, 1.54) is 6.07 Å². The molecule has 3 rings (SSSR count). The number of aromatic nitrogens is 1. The Morgan fingerprint density at radius 2 is 2.19 bits per heavy atom. The lowest BCUT2D eigenvalue weighted by Crippen LogP contribution is -2.37. The number of nitrogens with zero attached hydrogens (tertiary/aromatic N) is 2. The Labute approximate surface area is 123 Å². The van der Waals surface area contributed by atoms with Crippen LogP contribution in [0.5, 0.6) is 0 Å². The minimum atomic E-state index is -0.176. The molecule has 0 spiro atoms. The zero-order valence-corrected chi connectivity index (χ0v) is 12.3. The number of ether oxygens (including phenoxy) is 1. The number of benzene rings is 1. The zero-order chi connectivity index (χ0) is 14.8. The Morgan fingerprint density at radius 1 is 1.33 bits per heavy atom. The number of halogens is 1. The van der Waals surface area contributed by atoms with Crippen molar-refractivity contribution >= 4 is 0 Å². The Kier molecular flexibility index (Phi) is 4.03. The van der Waals surface area contributed by atoms with Crippen molar-refractivity contribution in [3.63, 3.8) is 0 Å². The van der Waals surface area contributed by atoms with Gasteiger partial charge in [0.1, 0.15) is 11.6 Å². The molecule has 1 aromatic heterocycles. The first-order valence-corrected chi connectivity index (χ1v) is 7.14. The molecule has 21 heavy (non-hydrogen) atoms. The Balaban J connectivity index is 1.68. The zero-order valence-electron chi connectivity index (χ0n) is 12.3. The van der Waals surface area contributed by atoms with Crippen LogP contribution in [0.4, 0.5) is 4.39 Å². The highest BCUT2D eigenvalue weighted by Crippen LogP contribution is 2.24. The van der Waals surface area contributed by atoms with Gasteiger partial charge in [0, 0.05) is 25.7 Å². The first kappa shape index (κ1) is 14.2. The highest BCUT2D eigenvalue weighted by Gasteiger charge is 2.23. The maximum Gasteiger partial charge on any atom is 0.133 e. The molecule has 112 valence electrons. The average molecular weight is 290 g/mol. The molecule has 2 aromatic rings. The van der Waals surface area contributed by atoms with Gasteiger partial charge in [-0.25, -0.2) is 4.39 Å². The van der Waals surface area contributed by atoms with Crippen molar-refractivity contribution in [2.75, 3.05) is 19.7 Å². The van der Waals surface area contributed by atoms with Crippen LogP contribution in [0, 0.1) is 19.7 Å². The van der Waals surface area contributed by atoms with Crippen molar-refractivity contribution in [1.29, 1.82) is 0 Å². The first-order valence-electron chi connectivity index (χ1n) is 7.14. The van der Waals surface area contributed by atoms with Gasteiger partial charge in [-0.1, -0.05) is 17.3 Å². The van der Waals surface area contributed by atoms with Crippen LogP contribution in [0.3, 0.4) is 0 Å². The monoisotopic (exact) mass is 290 g/mol. The van der Waals surface area contributed by atoms with E-state index >= 15 is 0 Å². The van der Waals surface area contributed by atoms with Crippen molar-refractivity contribution in [2.45, 2.75) is 26.5 Å². The molecule has 2 heterocycles. The molecule has 0 amide bonds. The lowest BCUT2D eigenvalue weighted by atomic mass is 10.0. The highest BCUT2D eigenvalue weighted by molar-refractivity contribution is 5.26. The minimum Gasteiger partial charge on any atom is -0.371 e. The predicted molar refractivity (Wildman–Crippen MR) is 76.3 cm³/mol. The summed E-state index contributed by atoms with van der Waals surface area (Å²) in [5.74, 6) is 0.647. The van der Waals surface area contributed by atoms with Crippen LogP contribution in [0.1, 0.15) is 28.7 Å². The number of rotatable bonds is 3. The number of morpholine rings is 1. The van der Waals surface area contributed by atoms with Crippen LogP contribution in [-0.2, 0) is 11.3 Å². The molecule has 0 radical (unpaired) electrons. The Hall–Kier alpha value is -1.72. The molecule has 0 N–H and O–H groups in total. The summed E-state index contributed by atoms with van der Waals surface area (Å²) in [7, 11) is 0. The van der Waals surface area contributed by atoms with E-state index in [2.05, 4.69) is 10.1 Å². The maximum absolute atomic E-state index is 13.4. The fourth-order valence-corrected chi connectivity index (χ4v) is 2.64. The van der Waals surface area contributed by atoms with E-state index in [9.17, 15) is 4.39 Å². The van der Waals surface area contributed by atoms with Crippen LogP contribution < -0.4 is 0 Å². The molecule has 1 aliphatic heterocycles. The van der Waals surface area contributed by atoms with Gasteiger partial charge in [-0.05, 0) is 31.0 Å². The second kappa shape index (κ2) is 5.95. The van der Waals surface area contributed by atoms with Crippen LogP contribution in [0.15, 0.2) is 28.8 Å². The van der Waals surface area contributed by atoms with Crippen molar-refractivity contribution in [3.05, 3.63) is 52.7 Å². The fraction of sp³-hybridized carbons (Fsp3) is 0.438. The molecule has 4 nitrogen and oxygen atoms in total. The summed E-state index contributed by atoms with van der Waals surface area (Å²) in [6.45, 7) is 6.71.